The number of hydrogen-bond acceptors (Lipinski definition) is 6. The summed E-state index contributed by atoms with van der Waals surface area (Å²) in [6, 6.07) is 16.6. The molecule has 1 aromatic carbocycles. The molecule has 1 aliphatic heterocycles. The lowest BCUT2D eigenvalue weighted by molar-refractivity contribution is 0.233. The topological polar surface area (TPSA) is 84.9 Å². The maximum absolute atomic E-state index is 6.28. The smallest absolute Gasteiger partial charge is 0.165 e. The summed E-state index contributed by atoms with van der Waals surface area (Å²) in [5.74, 6) is 1.18. The second kappa shape index (κ2) is 12.4. The second-order valence-electron chi connectivity index (χ2n) is 8.68. The Morgan fingerprint density at radius 3 is 2.43 bits per heavy atom. The third-order valence-corrected chi connectivity index (χ3v) is 6.35. The number of nitrogens with zero attached hydrogens (tertiary/aromatic N) is 5. The second-order valence-corrected chi connectivity index (χ2v) is 8.68. The number of nitrogens with two attached hydrogens (primary N) is 1. The molecule has 0 saturated carbocycles. The van der Waals surface area contributed by atoms with Gasteiger partial charge in [0.2, 0.25) is 0 Å². The minimum atomic E-state index is 0.447. The van der Waals surface area contributed by atoms with Crippen molar-refractivity contribution in [3.63, 3.8) is 0 Å². The van der Waals surface area contributed by atoms with Crippen LogP contribution in [0.1, 0.15) is 39.0 Å². The van der Waals surface area contributed by atoms with E-state index < -0.39 is 0 Å². The predicted molar refractivity (Wildman–Crippen MR) is 154 cm³/mol. The molecular weight excluding hydrogens is 458 g/mol. The summed E-state index contributed by atoms with van der Waals surface area (Å²) < 4.78 is 2.09. The normalized spacial score (nSPS) is 14.6. The first-order chi connectivity index (χ1) is 18.2. The van der Waals surface area contributed by atoms with Crippen molar-refractivity contribution in [2.24, 2.45) is 0 Å². The lowest BCUT2D eigenvalue weighted by atomic mass is 10.1. The van der Waals surface area contributed by atoms with Gasteiger partial charge < -0.3 is 11.1 Å². The average molecular weight is 496 g/mol. The Hall–Kier alpha value is -3.81. The molecule has 0 bridgehead atoms. The fourth-order valence-electron chi connectivity index (χ4n) is 4.54. The number of hydrogen-bond donors (Lipinski definition) is 2. The number of imidazole rings is 1. The predicted octanol–water partition coefficient (Wildman–Crippen LogP) is 5.48. The monoisotopic (exact) mass is 495 g/mol. The van der Waals surface area contributed by atoms with Crippen LogP contribution in [-0.4, -0.2) is 50.6 Å². The van der Waals surface area contributed by atoms with Gasteiger partial charge in [0, 0.05) is 44.6 Å². The van der Waals surface area contributed by atoms with Gasteiger partial charge in [-0.1, -0.05) is 44.2 Å². The summed E-state index contributed by atoms with van der Waals surface area (Å²) in [7, 11) is 0. The van der Waals surface area contributed by atoms with Crippen molar-refractivity contribution in [1.29, 1.82) is 0 Å². The Morgan fingerprint density at radius 1 is 1.00 bits per heavy atom. The van der Waals surface area contributed by atoms with Crippen molar-refractivity contribution in [3.8, 4) is 17.1 Å². The molecule has 7 heteroatoms. The first kappa shape index (κ1) is 26.3. The average Bonchev–Trinajstić information content (AvgIpc) is 3.32. The van der Waals surface area contributed by atoms with Gasteiger partial charge in [-0.2, -0.15) is 0 Å². The van der Waals surface area contributed by atoms with Crippen molar-refractivity contribution >= 4 is 22.6 Å². The molecule has 4 heterocycles. The molecule has 0 spiro atoms. The molecule has 1 fully saturated rings. The highest BCUT2D eigenvalue weighted by Crippen LogP contribution is 2.31. The number of aromatic nitrogens is 4. The van der Waals surface area contributed by atoms with Gasteiger partial charge >= 0.3 is 0 Å². The number of piperazine rings is 1. The van der Waals surface area contributed by atoms with Crippen molar-refractivity contribution in [1.82, 2.24) is 29.7 Å². The van der Waals surface area contributed by atoms with Crippen LogP contribution in [0.2, 0.25) is 0 Å². The molecule has 1 aliphatic rings. The highest BCUT2D eigenvalue weighted by molar-refractivity contribution is 5.85. The van der Waals surface area contributed by atoms with Crippen LogP contribution in [0.25, 0.3) is 33.8 Å². The van der Waals surface area contributed by atoms with E-state index in [1.165, 1.54) is 5.56 Å². The Morgan fingerprint density at radius 2 is 1.76 bits per heavy atom. The Labute approximate surface area is 219 Å². The Kier molecular flexibility index (Phi) is 8.82. The minimum Gasteiger partial charge on any atom is -0.383 e. The van der Waals surface area contributed by atoms with E-state index in [0.29, 0.717) is 5.82 Å². The van der Waals surface area contributed by atoms with E-state index in [9.17, 15) is 0 Å². The molecule has 0 aliphatic carbocycles. The molecule has 0 unspecified atom stereocenters. The lowest BCUT2D eigenvalue weighted by Gasteiger charge is -2.27. The van der Waals surface area contributed by atoms with E-state index >= 15 is 0 Å². The van der Waals surface area contributed by atoms with Crippen molar-refractivity contribution in [2.75, 3.05) is 31.9 Å². The van der Waals surface area contributed by atoms with Crippen LogP contribution in [0.4, 0.5) is 5.82 Å². The van der Waals surface area contributed by atoms with Gasteiger partial charge in [-0.25, -0.2) is 15.0 Å². The molecule has 3 aromatic heterocycles. The van der Waals surface area contributed by atoms with Crippen LogP contribution in [0.5, 0.6) is 0 Å². The molecule has 192 valence electrons. The standard InChI is InChI=1S/C28H31N7.C2H6/c1-3-6-21(4-2)24-12-13-25-28(32-24)35(27(33-25)23-7-5-14-31-26(23)29)22-10-8-20(9-11-22)19-34-17-15-30-16-18-34;1-2/h3-14,30H,15-19H2,1-2H3,(H2,29,31);1-2H3/b6-3-,21-4+;. The van der Waals surface area contributed by atoms with Crippen LogP contribution >= 0.6 is 0 Å². The quantitative estimate of drug-likeness (QED) is 0.345. The molecule has 0 amide bonds. The molecule has 5 rings (SSSR count). The number of anilines is 1. The largest absolute Gasteiger partial charge is 0.383 e. The Balaban J connectivity index is 0.00000156. The van der Waals surface area contributed by atoms with Gasteiger partial charge in [0.05, 0.1) is 11.3 Å². The van der Waals surface area contributed by atoms with Crippen LogP contribution in [0, 0.1) is 0 Å². The van der Waals surface area contributed by atoms with Gasteiger partial charge in [0.1, 0.15) is 11.3 Å². The number of fused-ring (bicyclic) bond motifs is 1. The van der Waals surface area contributed by atoms with E-state index in [4.69, 9.17) is 15.7 Å². The molecule has 0 atom stereocenters. The number of allylic oxidation sites excluding steroid dienone is 4. The van der Waals surface area contributed by atoms with E-state index in [0.717, 1.165) is 72.2 Å². The molecule has 37 heavy (non-hydrogen) atoms. The lowest BCUT2D eigenvalue weighted by Crippen LogP contribution is -2.42. The van der Waals surface area contributed by atoms with E-state index in [2.05, 4.69) is 56.2 Å². The SMILES string of the molecule is C/C=C\C(=C/C)c1ccc2nc(-c3cccnc3N)n(-c3ccc(CN4CCNCC4)cc3)c2n1.CC. The first-order valence-corrected chi connectivity index (χ1v) is 13.1. The maximum Gasteiger partial charge on any atom is 0.165 e. The molecule has 4 aromatic rings. The molecule has 0 radical (unpaired) electrons. The van der Waals surface area contributed by atoms with Crippen molar-refractivity contribution in [2.45, 2.75) is 34.2 Å². The zero-order chi connectivity index (χ0) is 26.2. The summed E-state index contributed by atoms with van der Waals surface area (Å²) in [5, 5.41) is 3.41. The van der Waals surface area contributed by atoms with Gasteiger partial charge in [0.25, 0.3) is 0 Å². The van der Waals surface area contributed by atoms with Gasteiger partial charge in [-0.05, 0) is 61.4 Å². The molecule has 3 N–H and O–H groups in total. The van der Waals surface area contributed by atoms with Crippen molar-refractivity contribution in [3.05, 3.63) is 84.2 Å². The number of benzene rings is 1. The fourth-order valence-corrected chi connectivity index (χ4v) is 4.54. The van der Waals surface area contributed by atoms with Gasteiger partial charge in [-0.15, -0.1) is 0 Å². The van der Waals surface area contributed by atoms with Gasteiger partial charge in [0.15, 0.2) is 11.5 Å². The summed E-state index contributed by atoms with van der Waals surface area (Å²) in [5.41, 5.74) is 12.9. The number of pyridine rings is 2. The summed E-state index contributed by atoms with van der Waals surface area (Å²) >= 11 is 0. The highest BCUT2D eigenvalue weighted by atomic mass is 15.2. The summed E-state index contributed by atoms with van der Waals surface area (Å²) in [6.07, 6.45) is 7.86. The minimum absolute atomic E-state index is 0.447. The third kappa shape index (κ3) is 5.79. The van der Waals surface area contributed by atoms with Crippen LogP contribution in [-0.2, 0) is 6.54 Å². The zero-order valence-electron chi connectivity index (χ0n) is 22.3. The number of rotatable bonds is 6. The summed E-state index contributed by atoms with van der Waals surface area (Å²) in [4.78, 5) is 16.8. The van der Waals surface area contributed by atoms with Crippen LogP contribution < -0.4 is 11.1 Å². The van der Waals surface area contributed by atoms with Crippen molar-refractivity contribution < 1.29 is 0 Å². The Bertz CT molecular complexity index is 1380. The first-order valence-electron chi connectivity index (χ1n) is 13.1. The highest BCUT2D eigenvalue weighted by Gasteiger charge is 2.19. The summed E-state index contributed by atoms with van der Waals surface area (Å²) in [6.45, 7) is 13.2. The van der Waals surface area contributed by atoms with E-state index in [-0.39, 0.29) is 0 Å². The molecule has 7 nitrogen and oxygen atoms in total. The third-order valence-electron chi connectivity index (χ3n) is 6.35. The molecule has 1 saturated heterocycles. The fraction of sp³-hybridized carbons (Fsp3) is 0.300. The van der Waals surface area contributed by atoms with Gasteiger partial charge in [-0.3, -0.25) is 9.47 Å². The maximum atomic E-state index is 6.28. The van der Waals surface area contributed by atoms with Crippen LogP contribution in [0.15, 0.2) is 73.0 Å². The van der Waals surface area contributed by atoms with E-state index in [1.807, 2.05) is 58.0 Å². The van der Waals surface area contributed by atoms with E-state index in [1.54, 1.807) is 6.20 Å². The van der Waals surface area contributed by atoms with Crippen LogP contribution in [0.3, 0.4) is 0 Å². The number of nitrogens with one attached hydrogen (secondary N) is 1. The molecular formula is C30H37N7. The number of nitrogen functional groups attached to an aromatic ring is 1. The zero-order valence-corrected chi connectivity index (χ0v) is 22.3.